The number of hydrogen-bond acceptors (Lipinski definition) is 7. The molecule has 0 bridgehead atoms. The fourth-order valence-electron chi connectivity index (χ4n) is 3.43. The van der Waals surface area contributed by atoms with Crippen LogP contribution in [0.2, 0.25) is 0 Å². The van der Waals surface area contributed by atoms with E-state index in [1.807, 2.05) is 54.6 Å². The zero-order chi connectivity index (χ0) is 22.1. The number of fused-ring (bicyclic) bond motifs is 1. The summed E-state index contributed by atoms with van der Waals surface area (Å²) in [5, 5.41) is 29.1. The summed E-state index contributed by atoms with van der Waals surface area (Å²) >= 11 is 1.18. The molecule has 2 aliphatic heterocycles. The first-order chi connectivity index (χ1) is 15.6. The number of hydrogen-bond donors (Lipinski definition) is 3. The molecule has 0 atom stereocenters. The first-order valence-corrected chi connectivity index (χ1v) is 10.7. The van der Waals surface area contributed by atoms with Crippen LogP contribution in [0.25, 0.3) is 6.08 Å². The lowest BCUT2D eigenvalue weighted by atomic mass is 10.1. The molecular weight excluding hydrogens is 424 g/mol. The van der Waals surface area contributed by atoms with E-state index < -0.39 is 0 Å². The van der Waals surface area contributed by atoms with Crippen molar-refractivity contribution >= 4 is 40.4 Å². The van der Waals surface area contributed by atoms with Crippen LogP contribution < -0.4 is 5.32 Å². The third-order valence-electron chi connectivity index (χ3n) is 4.98. The van der Waals surface area contributed by atoms with Crippen molar-refractivity contribution in [1.29, 1.82) is 0 Å². The Morgan fingerprint density at radius 3 is 2.62 bits per heavy atom. The largest absolute Gasteiger partial charge is 0.508 e. The molecule has 0 aliphatic carbocycles. The molecule has 3 aromatic rings. The fourth-order valence-corrected chi connectivity index (χ4v) is 4.25. The molecule has 7 nitrogen and oxygen atoms in total. The molecule has 5 rings (SSSR count). The SMILES string of the molecule is O=C1N/C(=N\N2Cc3ccccc3N=C2c2ccccc2)S/C1=C/c1ccc(O)cc1O. The Kier molecular flexibility index (Phi) is 5.12. The molecule has 1 amide bonds. The van der Waals surface area contributed by atoms with E-state index in [-0.39, 0.29) is 17.4 Å². The number of carbonyl (C=O) groups excluding carboxylic acids is 1. The number of thioether (sulfide) groups is 1. The highest BCUT2D eigenvalue weighted by Gasteiger charge is 2.27. The van der Waals surface area contributed by atoms with Gasteiger partial charge < -0.3 is 10.2 Å². The van der Waals surface area contributed by atoms with Crippen LogP contribution in [0, 0.1) is 0 Å². The van der Waals surface area contributed by atoms with Crippen molar-refractivity contribution in [2.75, 3.05) is 0 Å². The Labute approximate surface area is 188 Å². The van der Waals surface area contributed by atoms with E-state index in [2.05, 4.69) is 10.4 Å². The number of amides is 1. The number of nitrogens with zero attached hydrogens (tertiary/aromatic N) is 3. The van der Waals surface area contributed by atoms with E-state index in [0.29, 0.717) is 28.0 Å². The molecule has 8 heteroatoms. The molecule has 0 saturated carbocycles. The molecular formula is C24H18N4O3S. The van der Waals surface area contributed by atoms with Crippen LogP contribution in [0.4, 0.5) is 5.69 Å². The summed E-state index contributed by atoms with van der Waals surface area (Å²) in [7, 11) is 0. The second-order valence-electron chi connectivity index (χ2n) is 7.20. The highest BCUT2D eigenvalue weighted by molar-refractivity contribution is 8.18. The molecule has 0 aromatic heterocycles. The predicted octanol–water partition coefficient (Wildman–Crippen LogP) is 4.17. The molecule has 32 heavy (non-hydrogen) atoms. The Morgan fingerprint density at radius 2 is 1.81 bits per heavy atom. The predicted molar refractivity (Wildman–Crippen MR) is 126 cm³/mol. The number of phenols is 2. The van der Waals surface area contributed by atoms with Gasteiger partial charge in [-0.1, -0.05) is 48.5 Å². The van der Waals surface area contributed by atoms with Gasteiger partial charge in [-0.3, -0.25) is 10.1 Å². The summed E-state index contributed by atoms with van der Waals surface area (Å²) < 4.78 is 0. The smallest absolute Gasteiger partial charge is 0.264 e. The summed E-state index contributed by atoms with van der Waals surface area (Å²) in [4.78, 5) is 17.7. The number of nitrogens with one attached hydrogen (secondary N) is 1. The number of aliphatic imine (C=N–C) groups is 1. The Balaban J connectivity index is 1.47. The van der Waals surface area contributed by atoms with Gasteiger partial charge in [0, 0.05) is 17.2 Å². The standard InChI is InChI=1S/C24H18N4O3S/c29-18-11-10-16(20(30)13-18)12-21-23(31)26-24(32-21)27-28-14-17-8-4-5-9-19(17)25-22(28)15-6-2-1-3-7-15/h1-13,29-30H,14H2,(H,26,27,31)/b21-12+. The quantitative estimate of drug-likeness (QED) is 0.529. The molecule has 158 valence electrons. The van der Waals surface area contributed by atoms with E-state index in [1.165, 1.54) is 23.9 Å². The molecule has 1 fully saturated rings. The van der Waals surface area contributed by atoms with Gasteiger partial charge in [0.2, 0.25) is 0 Å². The summed E-state index contributed by atoms with van der Waals surface area (Å²) in [5.74, 6) is 0.230. The summed E-state index contributed by atoms with van der Waals surface area (Å²) in [6.07, 6.45) is 1.56. The Morgan fingerprint density at radius 1 is 1.03 bits per heavy atom. The van der Waals surface area contributed by atoms with Crippen molar-refractivity contribution in [2.24, 2.45) is 10.1 Å². The Hall–Kier alpha value is -4.04. The van der Waals surface area contributed by atoms with Crippen LogP contribution in [0.5, 0.6) is 11.5 Å². The third kappa shape index (κ3) is 3.95. The van der Waals surface area contributed by atoms with Gasteiger partial charge in [0.15, 0.2) is 11.0 Å². The summed E-state index contributed by atoms with van der Waals surface area (Å²) in [6, 6.07) is 21.9. The molecule has 0 unspecified atom stereocenters. The van der Waals surface area contributed by atoms with Crippen molar-refractivity contribution in [3.63, 3.8) is 0 Å². The second-order valence-corrected chi connectivity index (χ2v) is 8.23. The van der Waals surface area contributed by atoms with E-state index in [9.17, 15) is 15.0 Å². The topological polar surface area (TPSA) is 97.5 Å². The zero-order valence-corrected chi connectivity index (χ0v) is 17.6. The molecule has 0 radical (unpaired) electrons. The molecule has 3 N–H and O–H groups in total. The number of phenolic OH excluding ortho intramolecular Hbond substituents is 2. The lowest BCUT2D eigenvalue weighted by molar-refractivity contribution is -0.115. The molecule has 0 spiro atoms. The third-order valence-corrected chi connectivity index (χ3v) is 5.88. The number of carbonyl (C=O) groups is 1. The highest BCUT2D eigenvalue weighted by atomic mass is 32.2. The van der Waals surface area contributed by atoms with Crippen molar-refractivity contribution in [3.8, 4) is 11.5 Å². The first-order valence-electron chi connectivity index (χ1n) is 9.88. The van der Waals surface area contributed by atoms with Gasteiger partial charge in [-0.15, -0.1) is 5.10 Å². The average molecular weight is 443 g/mol. The minimum absolute atomic E-state index is 0.0477. The monoisotopic (exact) mass is 442 g/mol. The second kappa shape index (κ2) is 8.24. The van der Waals surface area contributed by atoms with Crippen LogP contribution in [-0.4, -0.2) is 32.1 Å². The van der Waals surface area contributed by atoms with E-state index in [4.69, 9.17) is 4.99 Å². The minimum Gasteiger partial charge on any atom is -0.508 e. The zero-order valence-electron chi connectivity index (χ0n) is 16.8. The lowest BCUT2D eigenvalue weighted by Crippen LogP contribution is -2.32. The van der Waals surface area contributed by atoms with Gasteiger partial charge in [-0.25, -0.2) is 10.0 Å². The van der Waals surface area contributed by atoms with Gasteiger partial charge in [-0.2, -0.15) is 0 Å². The number of benzene rings is 3. The molecule has 2 aliphatic rings. The highest BCUT2D eigenvalue weighted by Crippen LogP contribution is 2.32. The normalized spacial score (nSPS) is 17.9. The molecule has 2 heterocycles. The minimum atomic E-state index is -0.308. The van der Waals surface area contributed by atoms with Crippen LogP contribution in [0.3, 0.4) is 0 Å². The number of para-hydroxylation sites is 1. The van der Waals surface area contributed by atoms with Crippen molar-refractivity contribution in [3.05, 3.63) is 94.4 Å². The number of hydrazone groups is 1. The maximum atomic E-state index is 12.5. The first kappa shape index (κ1) is 19.9. The van der Waals surface area contributed by atoms with Gasteiger partial charge in [0.25, 0.3) is 5.91 Å². The maximum Gasteiger partial charge on any atom is 0.264 e. The number of aromatic hydroxyl groups is 2. The van der Waals surface area contributed by atoms with Crippen molar-refractivity contribution in [1.82, 2.24) is 10.3 Å². The average Bonchev–Trinajstić information content (AvgIpc) is 3.14. The van der Waals surface area contributed by atoms with E-state index >= 15 is 0 Å². The summed E-state index contributed by atoms with van der Waals surface area (Å²) in [6.45, 7) is 0.516. The van der Waals surface area contributed by atoms with Gasteiger partial charge in [-0.05, 0) is 41.6 Å². The number of amidine groups is 2. The molecule has 3 aromatic carbocycles. The maximum absolute atomic E-state index is 12.5. The number of rotatable bonds is 3. The van der Waals surface area contributed by atoms with Crippen LogP contribution in [0.1, 0.15) is 16.7 Å². The van der Waals surface area contributed by atoms with Crippen molar-refractivity contribution < 1.29 is 15.0 Å². The Bertz CT molecular complexity index is 1300. The summed E-state index contributed by atoms with van der Waals surface area (Å²) in [5.41, 5.74) is 3.29. The van der Waals surface area contributed by atoms with Gasteiger partial charge in [0.05, 0.1) is 17.1 Å². The molecule has 1 saturated heterocycles. The van der Waals surface area contributed by atoms with Gasteiger partial charge >= 0.3 is 0 Å². The van der Waals surface area contributed by atoms with E-state index in [0.717, 1.165) is 16.8 Å². The van der Waals surface area contributed by atoms with Crippen LogP contribution >= 0.6 is 11.8 Å². The van der Waals surface area contributed by atoms with Crippen molar-refractivity contribution in [2.45, 2.75) is 6.54 Å². The van der Waals surface area contributed by atoms with Crippen LogP contribution in [-0.2, 0) is 11.3 Å². The fraction of sp³-hybridized carbons (Fsp3) is 0.0417. The van der Waals surface area contributed by atoms with Crippen LogP contribution in [0.15, 0.2) is 87.8 Å². The van der Waals surface area contributed by atoms with E-state index in [1.54, 1.807) is 17.2 Å². The lowest BCUT2D eigenvalue weighted by Gasteiger charge is -2.26. The van der Waals surface area contributed by atoms with Gasteiger partial charge in [0.1, 0.15) is 11.5 Å².